The molecule has 0 unspecified atom stereocenters. The number of benzene rings is 3. The molecular formula is C22H13Br2Cl2NO. The van der Waals surface area contributed by atoms with Gasteiger partial charge in [0, 0.05) is 30.1 Å². The first-order valence-electron chi connectivity index (χ1n) is 8.20. The molecule has 0 aliphatic carbocycles. The van der Waals surface area contributed by atoms with Crippen molar-refractivity contribution in [2.75, 3.05) is 0 Å². The van der Waals surface area contributed by atoms with Crippen LogP contribution in [-0.2, 0) is 6.61 Å². The molecule has 0 atom stereocenters. The van der Waals surface area contributed by atoms with Crippen molar-refractivity contribution in [2.45, 2.75) is 6.61 Å². The fourth-order valence-electron chi connectivity index (χ4n) is 2.52. The zero-order valence-electron chi connectivity index (χ0n) is 14.4. The lowest BCUT2D eigenvalue weighted by molar-refractivity contribution is 0.305. The van der Waals surface area contributed by atoms with Crippen LogP contribution in [0.15, 0.2) is 69.6 Å². The molecule has 0 spiro atoms. The molecule has 0 radical (unpaired) electrons. The number of rotatable bonds is 5. The van der Waals surface area contributed by atoms with Crippen LogP contribution in [0.5, 0.6) is 5.75 Å². The molecule has 3 rings (SSSR count). The summed E-state index contributed by atoms with van der Waals surface area (Å²) in [4.78, 5) is 0. The van der Waals surface area contributed by atoms with Crippen LogP contribution >= 0.6 is 55.1 Å². The first-order chi connectivity index (χ1) is 13.5. The van der Waals surface area contributed by atoms with Gasteiger partial charge in [0.1, 0.15) is 12.4 Å². The minimum Gasteiger partial charge on any atom is -0.488 e. The van der Waals surface area contributed by atoms with Gasteiger partial charge in [-0.05, 0) is 54.1 Å². The van der Waals surface area contributed by atoms with Gasteiger partial charge < -0.3 is 4.74 Å². The van der Waals surface area contributed by atoms with Crippen molar-refractivity contribution in [1.82, 2.24) is 0 Å². The molecule has 0 bridgehead atoms. The lowest BCUT2D eigenvalue weighted by atomic mass is 10.0. The average Bonchev–Trinajstić information content (AvgIpc) is 2.67. The van der Waals surface area contributed by atoms with E-state index in [2.05, 4.69) is 37.9 Å². The molecular weight excluding hydrogens is 525 g/mol. The molecule has 0 amide bonds. The smallest absolute Gasteiger partial charge is 0.127 e. The quantitative estimate of drug-likeness (QED) is 0.243. The Labute approximate surface area is 190 Å². The Bertz CT molecular complexity index is 1070. The molecule has 3 aromatic rings. The van der Waals surface area contributed by atoms with Gasteiger partial charge in [-0.15, -0.1) is 0 Å². The van der Waals surface area contributed by atoms with Crippen LogP contribution in [0.25, 0.3) is 11.6 Å². The molecule has 0 N–H and O–H groups in total. The molecule has 6 heteroatoms. The Morgan fingerprint density at radius 1 is 0.964 bits per heavy atom. The van der Waals surface area contributed by atoms with Crippen LogP contribution in [0.2, 0.25) is 10.0 Å². The number of allylic oxidation sites excluding steroid dienone is 1. The monoisotopic (exact) mass is 535 g/mol. The van der Waals surface area contributed by atoms with Gasteiger partial charge in [0.2, 0.25) is 0 Å². The first-order valence-corrected chi connectivity index (χ1v) is 10.5. The maximum Gasteiger partial charge on any atom is 0.127 e. The largest absolute Gasteiger partial charge is 0.488 e. The summed E-state index contributed by atoms with van der Waals surface area (Å²) in [6.07, 6.45) is 1.81. The molecule has 0 aliphatic rings. The number of ether oxygens (including phenoxy) is 1. The molecule has 28 heavy (non-hydrogen) atoms. The Kier molecular flexibility index (Phi) is 7.20. The van der Waals surface area contributed by atoms with E-state index in [4.69, 9.17) is 27.9 Å². The second kappa shape index (κ2) is 9.62. The minimum absolute atomic E-state index is 0.290. The first kappa shape index (κ1) is 21.0. The number of hydrogen-bond acceptors (Lipinski definition) is 2. The molecule has 0 saturated heterocycles. The van der Waals surface area contributed by atoms with Crippen molar-refractivity contribution in [3.05, 3.63) is 96.3 Å². The summed E-state index contributed by atoms with van der Waals surface area (Å²) >= 11 is 19.1. The van der Waals surface area contributed by atoms with Gasteiger partial charge in [-0.25, -0.2) is 0 Å². The zero-order valence-corrected chi connectivity index (χ0v) is 19.1. The topological polar surface area (TPSA) is 33.0 Å². The van der Waals surface area contributed by atoms with Crippen LogP contribution < -0.4 is 4.74 Å². The van der Waals surface area contributed by atoms with Crippen LogP contribution in [0.3, 0.4) is 0 Å². The van der Waals surface area contributed by atoms with Crippen LogP contribution in [0.4, 0.5) is 0 Å². The van der Waals surface area contributed by atoms with Crippen molar-refractivity contribution >= 4 is 66.7 Å². The SMILES string of the molecule is N#C/C(=C\c1cc(Br)ccc1OCc1ccc(Cl)cc1Cl)c1ccc(Br)cc1. The van der Waals surface area contributed by atoms with E-state index < -0.39 is 0 Å². The van der Waals surface area contributed by atoms with Crippen molar-refractivity contribution in [3.63, 3.8) is 0 Å². The standard InChI is InChI=1S/C22H13Br2Cl2NO/c23-18-4-1-14(2-5-18)17(12-27)9-16-10-19(24)6-8-22(16)28-13-15-3-7-20(25)11-21(15)26/h1-11H,13H2/b17-9+. The van der Waals surface area contributed by atoms with Crippen molar-refractivity contribution < 1.29 is 4.74 Å². The Morgan fingerprint density at radius 2 is 1.68 bits per heavy atom. The van der Waals surface area contributed by atoms with Crippen molar-refractivity contribution in [1.29, 1.82) is 5.26 Å². The number of nitriles is 1. The van der Waals surface area contributed by atoms with E-state index in [0.29, 0.717) is 28.0 Å². The number of hydrogen-bond donors (Lipinski definition) is 0. The highest BCUT2D eigenvalue weighted by molar-refractivity contribution is 9.10. The Morgan fingerprint density at radius 3 is 2.36 bits per heavy atom. The van der Waals surface area contributed by atoms with E-state index in [1.54, 1.807) is 12.1 Å². The van der Waals surface area contributed by atoms with Crippen LogP contribution in [-0.4, -0.2) is 0 Å². The third-order valence-corrected chi connectivity index (χ3v) is 5.55. The highest BCUT2D eigenvalue weighted by Crippen LogP contribution is 2.30. The highest BCUT2D eigenvalue weighted by atomic mass is 79.9. The molecule has 3 aromatic carbocycles. The van der Waals surface area contributed by atoms with E-state index >= 15 is 0 Å². The third-order valence-electron chi connectivity index (χ3n) is 3.95. The maximum atomic E-state index is 9.63. The summed E-state index contributed by atoms with van der Waals surface area (Å²) in [6.45, 7) is 0.290. The molecule has 0 saturated carbocycles. The van der Waals surface area contributed by atoms with Gasteiger partial charge in [-0.3, -0.25) is 0 Å². The average molecular weight is 538 g/mol. The maximum absolute atomic E-state index is 9.63. The van der Waals surface area contributed by atoms with E-state index in [1.165, 1.54) is 0 Å². The number of halogens is 4. The summed E-state index contributed by atoms with van der Waals surface area (Å²) in [6, 6.07) is 20.8. The van der Waals surface area contributed by atoms with Gasteiger partial charge >= 0.3 is 0 Å². The second-order valence-corrected chi connectivity index (χ2v) is 8.56. The summed E-state index contributed by atoms with van der Waals surface area (Å²) in [5, 5.41) is 10.8. The van der Waals surface area contributed by atoms with Gasteiger partial charge in [0.05, 0.1) is 11.6 Å². The van der Waals surface area contributed by atoms with E-state index in [9.17, 15) is 5.26 Å². The van der Waals surface area contributed by atoms with Crippen LogP contribution in [0.1, 0.15) is 16.7 Å². The van der Waals surface area contributed by atoms with Crippen molar-refractivity contribution in [3.8, 4) is 11.8 Å². The fraction of sp³-hybridized carbons (Fsp3) is 0.0455. The predicted octanol–water partition coefficient (Wildman–Crippen LogP) is 8.16. The van der Waals surface area contributed by atoms with Gasteiger partial charge in [-0.2, -0.15) is 5.26 Å². The third kappa shape index (κ3) is 5.40. The van der Waals surface area contributed by atoms with E-state index in [1.807, 2.05) is 54.6 Å². The molecule has 0 heterocycles. The molecule has 140 valence electrons. The molecule has 0 aromatic heterocycles. The second-order valence-electron chi connectivity index (χ2n) is 5.88. The highest BCUT2D eigenvalue weighted by Gasteiger charge is 2.09. The van der Waals surface area contributed by atoms with Gasteiger partial charge in [0.15, 0.2) is 0 Å². The zero-order chi connectivity index (χ0) is 20.1. The summed E-state index contributed by atoms with van der Waals surface area (Å²) in [5.74, 6) is 0.652. The lowest BCUT2D eigenvalue weighted by Crippen LogP contribution is -1.98. The van der Waals surface area contributed by atoms with Crippen molar-refractivity contribution in [2.24, 2.45) is 0 Å². The minimum atomic E-state index is 0.290. The molecule has 0 fully saturated rings. The number of nitrogens with zero attached hydrogens (tertiary/aromatic N) is 1. The Hall–Kier alpha value is -1.77. The van der Waals surface area contributed by atoms with Gasteiger partial charge in [0.25, 0.3) is 0 Å². The Balaban J connectivity index is 1.91. The summed E-state index contributed by atoms with van der Waals surface area (Å²) in [5.41, 5.74) is 2.99. The van der Waals surface area contributed by atoms with E-state index in [-0.39, 0.29) is 0 Å². The summed E-state index contributed by atoms with van der Waals surface area (Å²) < 4.78 is 7.84. The molecule has 0 aliphatic heterocycles. The normalized spacial score (nSPS) is 11.2. The fourth-order valence-corrected chi connectivity index (χ4v) is 3.63. The van der Waals surface area contributed by atoms with Gasteiger partial charge in [-0.1, -0.05) is 73.3 Å². The molecule has 2 nitrogen and oxygen atoms in total. The predicted molar refractivity (Wildman–Crippen MR) is 123 cm³/mol. The lowest BCUT2D eigenvalue weighted by Gasteiger charge is -2.12. The summed E-state index contributed by atoms with van der Waals surface area (Å²) in [7, 11) is 0. The van der Waals surface area contributed by atoms with E-state index in [0.717, 1.165) is 25.6 Å². The van der Waals surface area contributed by atoms with Crippen LogP contribution in [0, 0.1) is 11.3 Å².